The maximum atomic E-state index is 12.6. The minimum absolute atomic E-state index is 0. The Hall–Kier alpha value is -3.55. The van der Waals surface area contributed by atoms with Crippen LogP contribution in [0, 0.1) is 0 Å². The Morgan fingerprint density at radius 2 is 0.891 bits per heavy atom. The SMILES string of the molecule is O=S(=O)([O-])c1cc(N=c2[nH]c(N3CCOCC3)nc(=Nc3ccccc3)[nH]2)ccc1/C=C/c1ccc(N=c2[nH]c(N3CCOCC3)nc(=Nc3ccccc3)[nH]2)cc1S(=O)(=O)[O-].[K+].[K+]. The molecule has 6 aromatic rings. The van der Waals surface area contributed by atoms with Crippen LogP contribution in [0.3, 0.4) is 0 Å². The van der Waals surface area contributed by atoms with E-state index in [4.69, 9.17) is 9.47 Å². The first-order valence-corrected chi connectivity index (χ1v) is 22.0. The summed E-state index contributed by atoms with van der Waals surface area (Å²) in [4.78, 5) is 42.2. The molecule has 4 N–H and O–H groups in total. The van der Waals surface area contributed by atoms with Gasteiger partial charge in [0, 0.05) is 26.2 Å². The molecule has 64 heavy (non-hydrogen) atoms. The van der Waals surface area contributed by atoms with Gasteiger partial charge in [0.2, 0.25) is 34.4 Å². The van der Waals surface area contributed by atoms with Crippen LogP contribution in [0.15, 0.2) is 127 Å². The summed E-state index contributed by atoms with van der Waals surface area (Å²) in [6, 6.07) is 26.0. The fourth-order valence-electron chi connectivity index (χ4n) is 6.45. The summed E-state index contributed by atoms with van der Waals surface area (Å²) in [5.74, 6) is 0.885. The molecule has 0 atom stereocenters. The summed E-state index contributed by atoms with van der Waals surface area (Å²) in [5, 5.41) is 0. The average Bonchev–Trinajstić information content (AvgIpc) is 3.27. The maximum absolute atomic E-state index is 12.6. The Kier molecular flexibility index (Phi) is 17.7. The van der Waals surface area contributed by atoms with E-state index in [0.29, 0.717) is 75.9 Å². The summed E-state index contributed by atoms with van der Waals surface area (Å²) in [5.41, 5.74) is 2.02. The summed E-state index contributed by atoms with van der Waals surface area (Å²) >= 11 is 0. The molecule has 0 spiro atoms. The van der Waals surface area contributed by atoms with Crippen LogP contribution >= 0.6 is 0 Å². The standard InChI is InChI=1S/C40H40N12O8S2.2K/c53-61(54,55)33-25-31(43-37-45-35(41-29-7-3-1-4-8-29)47-39(49-37)51-17-21-59-22-18-51)15-13-27(33)11-12-28-14-16-32(26-34(28)62(56,57)58)44-38-46-36(42-30-9-5-2-6-10-30)48-40(50-38)52-19-23-60-24-20-52;;/h1-16,25-26H,17-24H2,(H,53,54,55)(H,56,57,58)(H2,41,43,45,47,49)(H2,42,44,46,48,50);;/q;2*+1/p-2/b12-11+;;. The van der Waals surface area contributed by atoms with Crippen LogP contribution in [0.4, 0.5) is 34.6 Å². The average molecular weight is 957 g/mol. The Bertz CT molecular complexity index is 2920. The number of aromatic nitrogens is 6. The summed E-state index contributed by atoms with van der Waals surface area (Å²) < 4.78 is 86.6. The summed E-state index contributed by atoms with van der Waals surface area (Å²) in [6.45, 7) is 4.15. The molecule has 0 bridgehead atoms. The number of benzene rings is 4. The number of nitrogens with zero attached hydrogens (tertiary/aromatic N) is 8. The minimum atomic E-state index is -5.10. The van der Waals surface area contributed by atoms with Gasteiger partial charge in [-0.05, 0) is 59.7 Å². The van der Waals surface area contributed by atoms with Crippen molar-refractivity contribution in [3.05, 3.63) is 131 Å². The first-order valence-electron chi connectivity index (χ1n) is 19.2. The Morgan fingerprint density at radius 1 is 0.516 bits per heavy atom. The second kappa shape index (κ2) is 22.8. The molecule has 4 aromatic carbocycles. The zero-order chi connectivity index (χ0) is 43.1. The van der Waals surface area contributed by atoms with E-state index in [2.05, 4.69) is 49.9 Å². The Balaban J connectivity index is 0.00000340. The Morgan fingerprint density at radius 3 is 1.25 bits per heavy atom. The molecule has 0 saturated carbocycles. The van der Waals surface area contributed by atoms with Crippen molar-refractivity contribution in [3.8, 4) is 0 Å². The van der Waals surface area contributed by atoms with Gasteiger partial charge in [-0.3, -0.25) is 19.9 Å². The third kappa shape index (κ3) is 13.5. The molecule has 2 saturated heterocycles. The van der Waals surface area contributed by atoms with Gasteiger partial charge >= 0.3 is 103 Å². The third-order valence-electron chi connectivity index (χ3n) is 9.41. The molecule has 2 fully saturated rings. The van der Waals surface area contributed by atoms with Gasteiger partial charge in [0.25, 0.3) is 0 Å². The molecule has 320 valence electrons. The van der Waals surface area contributed by atoms with E-state index in [0.717, 1.165) is 12.1 Å². The van der Waals surface area contributed by atoms with Gasteiger partial charge < -0.3 is 28.4 Å². The van der Waals surface area contributed by atoms with Crippen molar-refractivity contribution in [2.24, 2.45) is 20.0 Å². The maximum Gasteiger partial charge on any atom is 1.00 e. The molecule has 0 aliphatic carbocycles. The quantitative estimate of drug-likeness (QED) is 0.0589. The first kappa shape index (κ1) is 49.9. The van der Waals surface area contributed by atoms with E-state index in [1.165, 1.54) is 36.4 Å². The van der Waals surface area contributed by atoms with Gasteiger partial charge in [0.15, 0.2) is 0 Å². The van der Waals surface area contributed by atoms with Crippen LogP contribution in [-0.4, -0.2) is 108 Å². The van der Waals surface area contributed by atoms with Crippen molar-refractivity contribution in [1.82, 2.24) is 29.9 Å². The normalized spacial score (nSPS) is 15.9. The van der Waals surface area contributed by atoms with Crippen molar-refractivity contribution in [1.29, 1.82) is 0 Å². The molecule has 24 heteroatoms. The van der Waals surface area contributed by atoms with E-state index in [-0.39, 0.29) is 148 Å². The second-order valence-corrected chi connectivity index (χ2v) is 16.4. The second-order valence-electron chi connectivity index (χ2n) is 13.7. The smallest absolute Gasteiger partial charge is 0.744 e. The summed E-state index contributed by atoms with van der Waals surface area (Å²) in [7, 11) is -10.2. The number of hydrogen-bond acceptors (Lipinski definition) is 16. The van der Waals surface area contributed by atoms with Crippen molar-refractivity contribution >= 4 is 67.0 Å². The van der Waals surface area contributed by atoms with Crippen LogP contribution in [-0.2, 0) is 29.7 Å². The van der Waals surface area contributed by atoms with Crippen molar-refractivity contribution < 1.29 is 138 Å². The molecule has 20 nitrogen and oxygen atoms in total. The number of ether oxygens (including phenoxy) is 2. The molecule has 2 aromatic heterocycles. The molecule has 4 heterocycles. The molecule has 0 radical (unpaired) electrons. The molecule has 0 unspecified atom stereocenters. The molecule has 0 amide bonds. The number of nitrogens with one attached hydrogen (secondary N) is 4. The number of para-hydroxylation sites is 2. The monoisotopic (exact) mass is 956 g/mol. The number of rotatable bonds is 10. The number of morpholine rings is 2. The molecular weight excluding hydrogens is 919 g/mol. The fourth-order valence-corrected chi connectivity index (χ4v) is 7.83. The summed E-state index contributed by atoms with van der Waals surface area (Å²) in [6.07, 6.45) is 2.45. The van der Waals surface area contributed by atoms with Gasteiger partial charge in [0.1, 0.15) is 20.2 Å². The van der Waals surface area contributed by atoms with E-state index in [1.54, 1.807) is 24.3 Å². The molecular formula is C40H38K2N12O8S2. The van der Waals surface area contributed by atoms with Crippen LogP contribution in [0.5, 0.6) is 0 Å². The zero-order valence-corrected chi connectivity index (χ0v) is 42.6. The molecule has 8 rings (SSSR count). The Labute approximate surface area is 451 Å². The van der Waals surface area contributed by atoms with E-state index >= 15 is 0 Å². The van der Waals surface area contributed by atoms with E-state index in [1.807, 2.05) is 46.2 Å². The first-order chi connectivity index (χ1) is 29.9. The predicted octanol–water partition coefficient (Wildman–Crippen LogP) is -3.62. The zero-order valence-electron chi connectivity index (χ0n) is 34.7. The minimum Gasteiger partial charge on any atom is -0.744 e. The third-order valence-corrected chi connectivity index (χ3v) is 11.2. The van der Waals surface area contributed by atoms with Crippen molar-refractivity contribution in [2.45, 2.75) is 9.79 Å². The number of aromatic amines is 4. The van der Waals surface area contributed by atoms with E-state index < -0.39 is 30.0 Å². The number of hydrogen-bond donors (Lipinski definition) is 4. The molecule has 2 aliphatic rings. The number of anilines is 2. The van der Waals surface area contributed by atoms with Gasteiger partial charge in [-0.1, -0.05) is 60.7 Å². The molecule has 2 aliphatic heterocycles. The van der Waals surface area contributed by atoms with Crippen LogP contribution in [0.2, 0.25) is 0 Å². The van der Waals surface area contributed by atoms with Crippen molar-refractivity contribution in [2.75, 3.05) is 62.4 Å². The fraction of sp³-hybridized carbons (Fsp3) is 0.200. The van der Waals surface area contributed by atoms with Gasteiger partial charge in [0.05, 0.1) is 59.0 Å². The number of H-pyrrole nitrogens is 4. The van der Waals surface area contributed by atoms with E-state index in [9.17, 15) is 25.9 Å². The van der Waals surface area contributed by atoms with Crippen molar-refractivity contribution in [3.63, 3.8) is 0 Å². The predicted molar refractivity (Wildman–Crippen MR) is 223 cm³/mol. The topological polar surface area (TPSA) is 278 Å². The van der Waals surface area contributed by atoms with Gasteiger partial charge in [-0.2, -0.15) is 9.97 Å². The van der Waals surface area contributed by atoms with Gasteiger partial charge in [-0.25, -0.2) is 36.8 Å². The van der Waals surface area contributed by atoms with Crippen LogP contribution in [0.1, 0.15) is 11.1 Å². The van der Waals surface area contributed by atoms with Gasteiger partial charge in [-0.15, -0.1) is 0 Å². The van der Waals surface area contributed by atoms with Crippen LogP contribution < -0.4 is 135 Å². The van der Waals surface area contributed by atoms with Crippen LogP contribution in [0.25, 0.3) is 12.2 Å². The largest absolute Gasteiger partial charge is 1.00 e.